The fourth-order valence-corrected chi connectivity index (χ4v) is 1.80. The van der Waals surface area contributed by atoms with E-state index in [0.717, 1.165) is 0 Å². The summed E-state index contributed by atoms with van der Waals surface area (Å²) >= 11 is 0. The van der Waals surface area contributed by atoms with E-state index >= 15 is 0 Å². The number of primary amides is 2. The summed E-state index contributed by atoms with van der Waals surface area (Å²) in [5.74, 6) is -3.35. The van der Waals surface area contributed by atoms with Crippen LogP contribution in [0.1, 0.15) is 10.4 Å². The number of benzene rings is 1. The zero-order valence-corrected chi connectivity index (χ0v) is 9.71. The molecule has 5 N–H and O–H groups in total. The van der Waals surface area contributed by atoms with Gasteiger partial charge in [0.15, 0.2) is 0 Å². The van der Waals surface area contributed by atoms with E-state index in [4.69, 9.17) is 16.2 Å². The number of hydrogen-bond acceptors (Lipinski definition) is 5. The maximum atomic E-state index is 11.2. The summed E-state index contributed by atoms with van der Waals surface area (Å²) in [5, 5.41) is 9.91. The van der Waals surface area contributed by atoms with Crippen molar-refractivity contribution in [3.8, 4) is 5.75 Å². The second kappa shape index (κ2) is 3.88. The lowest BCUT2D eigenvalue weighted by Crippen LogP contribution is -2.58. The molecule has 0 radical (unpaired) electrons. The van der Waals surface area contributed by atoms with Gasteiger partial charge >= 0.3 is 5.79 Å². The van der Waals surface area contributed by atoms with Crippen molar-refractivity contribution < 1.29 is 19.4 Å². The Bertz CT molecular complexity index is 531. The molecule has 0 saturated heterocycles. The largest absolute Gasteiger partial charge is 0.449 e. The van der Waals surface area contributed by atoms with Gasteiger partial charge in [-0.1, -0.05) is 0 Å². The fourth-order valence-electron chi connectivity index (χ4n) is 1.80. The van der Waals surface area contributed by atoms with Gasteiger partial charge in [0.2, 0.25) is 5.91 Å². The summed E-state index contributed by atoms with van der Waals surface area (Å²) in [7, 11) is 1.64. The van der Waals surface area contributed by atoms with E-state index in [1.807, 2.05) is 0 Å². The molecule has 1 unspecified atom stereocenters. The number of amides is 2. The predicted molar refractivity (Wildman–Crippen MR) is 63.0 cm³/mol. The summed E-state index contributed by atoms with van der Waals surface area (Å²) < 4.78 is 5.17. The third kappa shape index (κ3) is 1.84. The molecule has 1 aromatic carbocycles. The van der Waals surface area contributed by atoms with Crippen molar-refractivity contribution in [3.63, 3.8) is 0 Å². The molecule has 1 atom stereocenters. The van der Waals surface area contributed by atoms with Gasteiger partial charge in [-0.15, -0.1) is 0 Å². The van der Waals surface area contributed by atoms with E-state index < -0.39 is 17.6 Å². The number of likely N-dealkylation sites (N-methyl/N-ethyl adjacent to an activating group) is 1. The first-order valence-corrected chi connectivity index (χ1v) is 5.20. The number of anilines is 1. The van der Waals surface area contributed by atoms with Gasteiger partial charge in [0.25, 0.3) is 5.91 Å². The third-order valence-corrected chi connectivity index (χ3v) is 2.77. The Morgan fingerprint density at radius 3 is 2.67 bits per heavy atom. The molecule has 0 saturated carbocycles. The number of carbonyl (C=O) groups excluding carboxylic acids is 2. The summed E-state index contributed by atoms with van der Waals surface area (Å²) in [6.07, 6.45) is 0. The Kier molecular flexibility index (Phi) is 2.63. The number of aliphatic hydroxyl groups is 1. The molecule has 18 heavy (non-hydrogen) atoms. The Balaban J connectivity index is 2.45. The minimum absolute atomic E-state index is 0.127. The SMILES string of the molecule is CN1CC(O)(C(N)=O)Oc2ccc(C(N)=O)cc21. The molecule has 0 aromatic heterocycles. The van der Waals surface area contributed by atoms with Crippen molar-refractivity contribution in [1.29, 1.82) is 0 Å². The van der Waals surface area contributed by atoms with Gasteiger partial charge in [0.1, 0.15) is 5.75 Å². The first-order valence-electron chi connectivity index (χ1n) is 5.20. The standard InChI is InChI=1S/C11H13N3O4/c1-14-5-11(17,10(13)16)18-8-3-2-6(9(12)15)4-7(8)14/h2-4,17H,5H2,1H3,(H2,12,15)(H2,13,16). The van der Waals surface area contributed by atoms with Crippen LogP contribution in [0.25, 0.3) is 0 Å². The van der Waals surface area contributed by atoms with Crippen molar-refractivity contribution >= 4 is 17.5 Å². The van der Waals surface area contributed by atoms with E-state index in [2.05, 4.69) is 0 Å². The molecule has 1 aromatic rings. The Hall–Kier alpha value is -2.28. The number of fused-ring (bicyclic) bond motifs is 1. The maximum Gasteiger partial charge on any atom is 0.306 e. The first kappa shape index (κ1) is 12.2. The molecule has 2 rings (SSSR count). The molecule has 0 aliphatic carbocycles. The van der Waals surface area contributed by atoms with E-state index in [-0.39, 0.29) is 12.3 Å². The van der Waals surface area contributed by atoms with E-state index in [1.54, 1.807) is 11.9 Å². The van der Waals surface area contributed by atoms with Gasteiger partial charge in [-0.05, 0) is 18.2 Å². The van der Waals surface area contributed by atoms with Crippen LogP contribution < -0.4 is 21.1 Å². The highest BCUT2D eigenvalue weighted by Crippen LogP contribution is 2.35. The molecule has 0 fully saturated rings. The molecule has 0 spiro atoms. The maximum absolute atomic E-state index is 11.2. The quantitative estimate of drug-likeness (QED) is 0.609. The number of nitrogens with two attached hydrogens (primary N) is 2. The van der Waals surface area contributed by atoms with Crippen LogP contribution in [0.4, 0.5) is 5.69 Å². The van der Waals surface area contributed by atoms with E-state index in [1.165, 1.54) is 18.2 Å². The van der Waals surface area contributed by atoms with Gasteiger partial charge in [-0.3, -0.25) is 9.59 Å². The second-order valence-corrected chi connectivity index (χ2v) is 4.15. The van der Waals surface area contributed by atoms with E-state index in [0.29, 0.717) is 11.3 Å². The number of nitrogens with zero attached hydrogens (tertiary/aromatic N) is 1. The molecular weight excluding hydrogens is 238 g/mol. The summed E-state index contributed by atoms with van der Waals surface area (Å²) in [6, 6.07) is 4.43. The van der Waals surface area contributed by atoms with Crippen LogP contribution in [-0.2, 0) is 4.79 Å². The van der Waals surface area contributed by atoms with Crippen molar-refractivity contribution in [2.45, 2.75) is 5.79 Å². The predicted octanol–water partition coefficient (Wildman–Crippen LogP) is -1.21. The molecule has 1 heterocycles. The second-order valence-electron chi connectivity index (χ2n) is 4.15. The smallest absolute Gasteiger partial charge is 0.306 e. The summed E-state index contributed by atoms with van der Waals surface area (Å²) in [6.45, 7) is -0.127. The zero-order chi connectivity index (χ0) is 13.5. The first-order chi connectivity index (χ1) is 8.33. The van der Waals surface area contributed by atoms with Gasteiger partial charge < -0.3 is 26.2 Å². The van der Waals surface area contributed by atoms with Crippen LogP contribution in [0, 0.1) is 0 Å². The van der Waals surface area contributed by atoms with Crippen LogP contribution in [0.15, 0.2) is 18.2 Å². The lowest BCUT2D eigenvalue weighted by atomic mass is 10.1. The minimum Gasteiger partial charge on any atom is -0.449 e. The number of ether oxygens (including phenoxy) is 1. The van der Waals surface area contributed by atoms with Crippen LogP contribution in [-0.4, -0.2) is 36.3 Å². The molecule has 0 bridgehead atoms. The van der Waals surface area contributed by atoms with Crippen LogP contribution >= 0.6 is 0 Å². The van der Waals surface area contributed by atoms with Crippen molar-refractivity contribution in [2.24, 2.45) is 11.5 Å². The Morgan fingerprint density at radius 1 is 1.44 bits per heavy atom. The van der Waals surface area contributed by atoms with Gasteiger partial charge in [0.05, 0.1) is 12.2 Å². The van der Waals surface area contributed by atoms with Crippen molar-refractivity contribution in [2.75, 3.05) is 18.5 Å². The zero-order valence-electron chi connectivity index (χ0n) is 9.71. The number of β-amino-alcohol motifs (C(OH)–C–C–N with tert-alkyl or cyclic N) is 1. The van der Waals surface area contributed by atoms with E-state index in [9.17, 15) is 14.7 Å². The molecule has 2 amide bonds. The average molecular weight is 251 g/mol. The van der Waals surface area contributed by atoms with Gasteiger partial charge in [0, 0.05) is 12.6 Å². The van der Waals surface area contributed by atoms with Crippen LogP contribution in [0.2, 0.25) is 0 Å². The highest BCUT2D eigenvalue weighted by atomic mass is 16.6. The number of rotatable bonds is 2. The normalized spacial score (nSPS) is 22.0. The Morgan fingerprint density at radius 2 is 2.11 bits per heavy atom. The average Bonchev–Trinajstić information content (AvgIpc) is 2.28. The molecule has 96 valence electrons. The molecule has 1 aliphatic rings. The van der Waals surface area contributed by atoms with Gasteiger partial charge in [-0.25, -0.2) is 0 Å². The highest BCUT2D eigenvalue weighted by molar-refractivity contribution is 5.94. The van der Waals surface area contributed by atoms with Crippen LogP contribution in [0.5, 0.6) is 5.75 Å². The van der Waals surface area contributed by atoms with Crippen LogP contribution in [0.3, 0.4) is 0 Å². The molecule has 1 aliphatic heterocycles. The fraction of sp³-hybridized carbons (Fsp3) is 0.273. The number of hydrogen-bond donors (Lipinski definition) is 3. The summed E-state index contributed by atoms with van der Waals surface area (Å²) in [5.41, 5.74) is 11.1. The molecular formula is C11H13N3O4. The lowest BCUT2D eigenvalue weighted by molar-refractivity contribution is -0.170. The Labute approximate surface area is 103 Å². The minimum atomic E-state index is -2.07. The van der Waals surface area contributed by atoms with Crippen molar-refractivity contribution in [3.05, 3.63) is 23.8 Å². The molecule has 7 heteroatoms. The topological polar surface area (TPSA) is 119 Å². The summed E-state index contributed by atoms with van der Waals surface area (Å²) in [4.78, 5) is 23.8. The lowest BCUT2D eigenvalue weighted by Gasteiger charge is -2.37. The monoisotopic (exact) mass is 251 g/mol. The van der Waals surface area contributed by atoms with Crippen molar-refractivity contribution in [1.82, 2.24) is 0 Å². The van der Waals surface area contributed by atoms with Gasteiger partial charge in [-0.2, -0.15) is 0 Å². The third-order valence-electron chi connectivity index (χ3n) is 2.77. The molecule has 7 nitrogen and oxygen atoms in total. The number of carbonyl (C=O) groups is 2. The highest BCUT2D eigenvalue weighted by Gasteiger charge is 2.42.